The summed E-state index contributed by atoms with van der Waals surface area (Å²) in [6, 6.07) is 14.8. The summed E-state index contributed by atoms with van der Waals surface area (Å²) >= 11 is 0. The number of ether oxygens (including phenoxy) is 1. The Morgan fingerprint density at radius 1 is 1.13 bits per heavy atom. The van der Waals surface area contributed by atoms with Crippen LogP contribution in [0, 0.1) is 0 Å². The lowest BCUT2D eigenvalue weighted by Gasteiger charge is -2.08. The van der Waals surface area contributed by atoms with Crippen molar-refractivity contribution >= 4 is 16.9 Å². The van der Waals surface area contributed by atoms with Crippen molar-refractivity contribution in [1.29, 1.82) is 0 Å². The topological polar surface area (TPSA) is 64.1 Å². The third-order valence-electron chi connectivity index (χ3n) is 3.35. The Hall–Kier alpha value is -2.95. The molecule has 0 saturated heterocycles. The maximum Gasteiger partial charge on any atom is 0.270 e. The monoisotopic (exact) mass is 307 g/mol. The average molecular weight is 307 g/mol. The molecule has 0 spiro atoms. The summed E-state index contributed by atoms with van der Waals surface area (Å²) in [5.74, 6) is 0.590. The molecule has 0 aliphatic carbocycles. The normalized spacial score (nSPS) is 10.5. The van der Waals surface area contributed by atoms with Crippen molar-refractivity contribution < 1.29 is 9.53 Å². The first-order valence-corrected chi connectivity index (χ1v) is 7.48. The van der Waals surface area contributed by atoms with Crippen molar-refractivity contribution in [3.63, 3.8) is 0 Å². The number of carbonyl (C=O) groups is 1. The number of amides is 1. The van der Waals surface area contributed by atoms with Gasteiger partial charge in [0, 0.05) is 12.7 Å². The third-order valence-corrected chi connectivity index (χ3v) is 3.35. The van der Waals surface area contributed by atoms with Crippen molar-refractivity contribution in [3.8, 4) is 5.75 Å². The first-order chi connectivity index (χ1) is 11.3. The molecule has 1 N–H and O–H groups in total. The number of pyridine rings is 2. The fourth-order valence-electron chi connectivity index (χ4n) is 2.27. The number of nitrogens with zero attached hydrogens (tertiary/aromatic N) is 2. The third kappa shape index (κ3) is 3.63. The summed E-state index contributed by atoms with van der Waals surface area (Å²) in [7, 11) is 0. The second-order valence-electron chi connectivity index (χ2n) is 5.00. The second kappa shape index (κ2) is 6.87. The number of hydrogen-bond acceptors (Lipinski definition) is 4. The summed E-state index contributed by atoms with van der Waals surface area (Å²) in [5, 5.41) is 2.87. The lowest BCUT2D eigenvalue weighted by atomic mass is 10.2. The lowest BCUT2D eigenvalue weighted by molar-refractivity contribution is 0.0946. The van der Waals surface area contributed by atoms with E-state index < -0.39 is 0 Å². The van der Waals surface area contributed by atoms with Crippen LogP contribution in [0.3, 0.4) is 0 Å². The fourth-order valence-corrected chi connectivity index (χ4v) is 2.27. The number of carbonyl (C=O) groups excluding carboxylic acids is 1. The maximum absolute atomic E-state index is 12.2. The summed E-state index contributed by atoms with van der Waals surface area (Å²) in [4.78, 5) is 20.8. The molecule has 2 aromatic heterocycles. The van der Waals surface area contributed by atoms with Crippen LogP contribution in [0.15, 0.2) is 54.7 Å². The van der Waals surface area contributed by atoms with Crippen molar-refractivity contribution in [2.45, 2.75) is 13.5 Å². The number of benzene rings is 1. The molecule has 3 rings (SSSR count). The largest absolute Gasteiger partial charge is 0.494 e. The van der Waals surface area contributed by atoms with Gasteiger partial charge in [-0.3, -0.25) is 9.78 Å². The zero-order valence-electron chi connectivity index (χ0n) is 12.8. The number of fused-ring (bicyclic) bond motifs is 1. The Morgan fingerprint density at radius 3 is 2.91 bits per heavy atom. The van der Waals surface area contributed by atoms with E-state index in [1.807, 2.05) is 37.3 Å². The van der Waals surface area contributed by atoms with Crippen molar-refractivity contribution in [3.05, 3.63) is 66.0 Å². The van der Waals surface area contributed by atoms with Crippen LogP contribution in [0.25, 0.3) is 11.0 Å². The maximum atomic E-state index is 12.2. The van der Waals surface area contributed by atoms with Gasteiger partial charge >= 0.3 is 0 Å². The van der Waals surface area contributed by atoms with Gasteiger partial charge in [0.1, 0.15) is 11.4 Å². The summed E-state index contributed by atoms with van der Waals surface area (Å²) in [6.07, 6.45) is 1.70. The molecule has 5 heteroatoms. The average Bonchev–Trinajstić information content (AvgIpc) is 2.60. The highest BCUT2D eigenvalue weighted by Gasteiger charge is 2.08. The molecule has 0 unspecified atom stereocenters. The Morgan fingerprint density at radius 2 is 2.04 bits per heavy atom. The molecule has 0 atom stereocenters. The van der Waals surface area contributed by atoms with E-state index in [4.69, 9.17) is 4.74 Å². The van der Waals surface area contributed by atoms with E-state index in [2.05, 4.69) is 15.3 Å². The molecule has 0 saturated carbocycles. The van der Waals surface area contributed by atoms with Crippen LogP contribution in [-0.2, 0) is 6.54 Å². The smallest absolute Gasteiger partial charge is 0.270 e. The molecule has 5 nitrogen and oxygen atoms in total. The Labute approximate surface area is 134 Å². The SMILES string of the molecule is CCOc1cccc(CNC(=O)c2ccc3ncccc3n2)c1. The number of rotatable bonds is 5. The van der Waals surface area contributed by atoms with Gasteiger partial charge in [-0.15, -0.1) is 0 Å². The van der Waals surface area contributed by atoms with E-state index in [1.165, 1.54) is 0 Å². The molecule has 0 fully saturated rings. The first kappa shape index (κ1) is 15.0. The van der Waals surface area contributed by atoms with Gasteiger partial charge in [0.05, 0.1) is 17.6 Å². The van der Waals surface area contributed by atoms with Crippen LogP contribution < -0.4 is 10.1 Å². The van der Waals surface area contributed by atoms with Crippen LogP contribution in [0.4, 0.5) is 0 Å². The highest BCUT2D eigenvalue weighted by molar-refractivity contribution is 5.94. The molecular formula is C18H17N3O2. The van der Waals surface area contributed by atoms with E-state index in [0.29, 0.717) is 24.4 Å². The standard InChI is InChI=1S/C18H17N3O2/c1-2-23-14-6-3-5-13(11-14)12-20-18(22)17-9-8-15-16(21-17)7-4-10-19-15/h3-11H,2,12H2,1H3,(H,20,22). The zero-order valence-corrected chi connectivity index (χ0v) is 12.8. The molecule has 2 heterocycles. The van der Waals surface area contributed by atoms with Gasteiger partial charge in [-0.25, -0.2) is 4.98 Å². The summed E-state index contributed by atoms with van der Waals surface area (Å²) in [5.41, 5.74) is 2.84. The first-order valence-electron chi connectivity index (χ1n) is 7.48. The predicted octanol–water partition coefficient (Wildman–Crippen LogP) is 2.96. The van der Waals surface area contributed by atoms with Gasteiger partial charge in [-0.05, 0) is 48.9 Å². The highest BCUT2D eigenvalue weighted by Crippen LogP contribution is 2.13. The van der Waals surface area contributed by atoms with Gasteiger partial charge in [-0.2, -0.15) is 0 Å². The van der Waals surface area contributed by atoms with E-state index in [0.717, 1.165) is 16.8 Å². The molecule has 0 radical (unpaired) electrons. The van der Waals surface area contributed by atoms with Gasteiger partial charge in [-0.1, -0.05) is 12.1 Å². The van der Waals surface area contributed by atoms with E-state index in [1.54, 1.807) is 24.4 Å². The van der Waals surface area contributed by atoms with Gasteiger partial charge in [0.25, 0.3) is 5.91 Å². The predicted molar refractivity (Wildman–Crippen MR) is 88.3 cm³/mol. The molecule has 3 aromatic rings. The van der Waals surface area contributed by atoms with E-state index in [-0.39, 0.29) is 5.91 Å². The fraction of sp³-hybridized carbons (Fsp3) is 0.167. The quantitative estimate of drug-likeness (QED) is 0.787. The van der Waals surface area contributed by atoms with E-state index >= 15 is 0 Å². The number of nitrogens with one attached hydrogen (secondary N) is 1. The summed E-state index contributed by atoms with van der Waals surface area (Å²) < 4.78 is 5.45. The lowest BCUT2D eigenvalue weighted by Crippen LogP contribution is -2.23. The van der Waals surface area contributed by atoms with Gasteiger partial charge in [0.2, 0.25) is 0 Å². The minimum Gasteiger partial charge on any atom is -0.494 e. The summed E-state index contributed by atoms with van der Waals surface area (Å²) in [6.45, 7) is 2.98. The molecule has 116 valence electrons. The minimum absolute atomic E-state index is 0.211. The Balaban J connectivity index is 1.69. The Bertz CT molecular complexity index is 833. The van der Waals surface area contributed by atoms with Crippen molar-refractivity contribution in [1.82, 2.24) is 15.3 Å². The molecule has 23 heavy (non-hydrogen) atoms. The van der Waals surface area contributed by atoms with E-state index in [9.17, 15) is 4.79 Å². The minimum atomic E-state index is -0.211. The van der Waals surface area contributed by atoms with Crippen LogP contribution >= 0.6 is 0 Å². The second-order valence-corrected chi connectivity index (χ2v) is 5.00. The molecular weight excluding hydrogens is 290 g/mol. The Kier molecular flexibility index (Phi) is 4.47. The molecule has 1 amide bonds. The zero-order chi connectivity index (χ0) is 16.1. The van der Waals surface area contributed by atoms with Crippen molar-refractivity contribution in [2.24, 2.45) is 0 Å². The molecule has 0 aliphatic rings. The van der Waals surface area contributed by atoms with Crippen molar-refractivity contribution in [2.75, 3.05) is 6.61 Å². The number of aromatic nitrogens is 2. The molecule has 0 bridgehead atoms. The molecule has 0 aliphatic heterocycles. The highest BCUT2D eigenvalue weighted by atomic mass is 16.5. The van der Waals surface area contributed by atoms with Crippen LogP contribution in [-0.4, -0.2) is 22.5 Å². The van der Waals surface area contributed by atoms with Crippen LogP contribution in [0.5, 0.6) is 5.75 Å². The van der Waals surface area contributed by atoms with Gasteiger partial charge in [0.15, 0.2) is 0 Å². The van der Waals surface area contributed by atoms with Crippen LogP contribution in [0.1, 0.15) is 23.0 Å². The molecule has 1 aromatic carbocycles. The number of hydrogen-bond donors (Lipinski definition) is 1. The van der Waals surface area contributed by atoms with Gasteiger partial charge < -0.3 is 10.1 Å². The van der Waals surface area contributed by atoms with Crippen LogP contribution in [0.2, 0.25) is 0 Å².